The van der Waals surface area contributed by atoms with Crippen LogP contribution in [0.4, 0.5) is 5.69 Å². The SMILES string of the molecule is COc1ccc(NC(=O)CCCCC(C)NCCc2c[nH]c3ccc(Cl)cc23)cc1. The van der Waals surface area contributed by atoms with Gasteiger partial charge < -0.3 is 20.4 Å². The summed E-state index contributed by atoms with van der Waals surface area (Å²) in [5, 5.41) is 8.47. The number of fused-ring (bicyclic) bond motifs is 1. The molecule has 0 aliphatic rings. The van der Waals surface area contributed by atoms with E-state index in [-0.39, 0.29) is 5.91 Å². The van der Waals surface area contributed by atoms with E-state index < -0.39 is 0 Å². The van der Waals surface area contributed by atoms with Crippen LogP contribution in [0.2, 0.25) is 5.02 Å². The third-order valence-corrected chi connectivity index (χ3v) is 5.52. The van der Waals surface area contributed by atoms with Gasteiger partial charge in [0, 0.05) is 40.3 Å². The largest absolute Gasteiger partial charge is 0.497 e. The second-order valence-electron chi connectivity index (χ2n) is 7.63. The lowest BCUT2D eigenvalue weighted by Gasteiger charge is -2.13. The number of aromatic nitrogens is 1. The number of carbonyl (C=O) groups is 1. The molecule has 1 unspecified atom stereocenters. The van der Waals surface area contributed by atoms with Gasteiger partial charge >= 0.3 is 0 Å². The number of anilines is 1. The number of benzene rings is 2. The highest BCUT2D eigenvalue weighted by Crippen LogP contribution is 2.22. The lowest BCUT2D eigenvalue weighted by Crippen LogP contribution is -2.28. The molecular weight excluding hydrogens is 398 g/mol. The summed E-state index contributed by atoms with van der Waals surface area (Å²) in [7, 11) is 1.63. The second-order valence-corrected chi connectivity index (χ2v) is 8.07. The van der Waals surface area contributed by atoms with Gasteiger partial charge in [0.1, 0.15) is 5.75 Å². The Hall–Kier alpha value is -2.50. The number of methoxy groups -OCH3 is 1. The Kier molecular flexibility index (Phi) is 8.17. The van der Waals surface area contributed by atoms with Crippen molar-refractivity contribution in [3.8, 4) is 5.75 Å². The van der Waals surface area contributed by atoms with Crippen molar-refractivity contribution >= 4 is 34.1 Å². The number of H-pyrrole nitrogens is 1. The van der Waals surface area contributed by atoms with Gasteiger partial charge in [-0.15, -0.1) is 0 Å². The molecule has 0 spiro atoms. The van der Waals surface area contributed by atoms with Gasteiger partial charge in [-0.3, -0.25) is 4.79 Å². The zero-order chi connectivity index (χ0) is 21.3. The minimum Gasteiger partial charge on any atom is -0.497 e. The first-order valence-electron chi connectivity index (χ1n) is 10.5. The summed E-state index contributed by atoms with van der Waals surface area (Å²) in [5.74, 6) is 0.835. The molecule has 30 heavy (non-hydrogen) atoms. The van der Waals surface area contributed by atoms with Crippen LogP contribution in [0, 0.1) is 0 Å². The zero-order valence-electron chi connectivity index (χ0n) is 17.6. The summed E-state index contributed by atoms with van der Waals surface area (Å²) < 4.78 is 5.12. The van der Waals surface area contributed by atoms with Gasteiger partial charge in [0.2, 0.25) is 5.91 Å². The molecule has 1 amide bonds. The van der Waals surface area contributed by atoms with Gasteiger partial charge in [0.15, 0.2) is 0 Å². The maximum Gasteiger partial charge on any atom is 0.224 e. The Labute approximate surface area is 183 Å². The number of nitrogens with one attached hydrogen (secondary N) is 3. The number of ether oxygens (including phenoxy) is 1. The minimum atomic E-state index is 0.0544. The first kappa shape index (κ1) is 22.2. The molecule has 5 nitrogen and oxygen atoms in total. The molecule has 6 heteroatoms. The third kappa shape index (κ3) is 6.51. The topological polar surface area (TPSA) is 66.2 Å². The van der Waals surface area contributed by atoms with E-state index in [1.807, 2.05) is 42.5 Å². The number of carbonyl (C=O) groups excluding carboxylic acids is 1. The van der Waals surface area contributed by atoms with E-state index in [0.29, 0.717) is 12.5 Å². The van der Waals surface area contributed by atoms with Crippen LogP contribution in [-0.2, 0) is 11.2 Å². The van der Waals surface area contributed by atoms with Crippen molar-refractivity contribution in [2.24, 2.45) is 0 Å². The normalized spacial score (nSPS) is 12.1. The lowest BCUT2D eigenvalue weighted by molar-refractivity contribution is -0.116. The van der Waals surface area contributed by atoms with Crippen molar-refractivity contribution in [1.82, 2.24) is 10.3 Å². The van der Waals surface area contributed by atoms with E-state index in [9.17, 15) is 4.79 Å². The summed E-state index contributed by atoms with van der Waals surface area (Å²) in [5.41, 5.74) is 3.20. The maximum atomic E-state index is 12.1. The molecule has 0 aliphatic heterocycles. The fourth-order valence-electron chi connectivity index (χ4n) is 3.55. The summed E-state index contributed by atoms with van der Waals surface area (Å²) in [6.45, 7) is 3.11. The quantitative estimate of drug-likeness (QED) is 0.351. The molecule has 3 rings (SSSR count). The Balaban J connectivity index is 1.30. The highest BCUT2D eigenvalue weighted by Gasteiger charge is 2.07. The van der Waals surface area contributed by atoms with E-state index in [2.05, 4.69) is 28.7 Å². The highest BCUT2D eigenvalue weighted by molar-refractivity contribution is 6.31. The Morgan fingerprint density at radius 2 is 1.97 bits per heavy atom. The van der Waals surface area contributed by atoms with Crippen molar-refractivity contribution in [3.63, 3.8) is 0 Å². The molecular formula is C24H30ClN3O2. The number of halogens is 1. The van der Waals surface area contributed by atoms with Crippen molar-refractivity contribution in [3.05, 3.63) is 59.2 Å². The predicted octanol–water partition coefficient (Wildman–Crippen LogP) is 5.55. The Bertz CT molecular complexity index is 953. The van der Waals surface area contributed by atoms with Crippen LogP contribution in [0.1, 0.15) is 38.2 Å². The Morgan fingerprint density at radius 3 is 2.73 bits per heavy atom. The summed E-state index contributed by atoms with van der Waals surface area (Å²) >= 11 is 6.12. The maximum absolute atomic E-state index is 12.1. The first-order chi connectivity index (χ1) is 14.5. The first-order valence-corrected chi connectivity index (χ1v) is 10.9. The number of unbranched alkanes of at least 4 members (excludes halogenated alkanes) is 1. The molecule has 0 saturated carbocycles. The molecule has 3 aromatic rings. The molecule has 1 aromatic heterocycles. The van der Waals surface area contributed by atoms with Crippen LogP contribution >= 0.6 is 11.6 Å². The van der Waals surface area contributed by atoms with Gasteiger partial charge in [-0.25, -0.2) is 0 Å². The van der Waals surface area contributed by atoms with E-state index in [1.54, 1.807) is 7.11 Å². The monoisotopic (exact) mass is 427 g/mol. The molecule has 0 bridgehead atoms. The van der Waals surface area contributed by atoms with Crippen molar-refractivity contribution in [1.29, 1.82) is 0 Å². The van der Waals surface area contributed by atoms with E-state index in [1.165, 1.54) is 10.9 Å². The fraction of sp³-hybridized carbons (Fsp3) is 0.375. The number of hydrogen-bond acceptors (Lipinski definition) is 3. The molecule has 3 N–H and O–H groups in total. The number of hydrogen-bond donors (Lipinski definition) is 3. The van der Waals surface area contributed by atoms with Crippen LogP contribution in [-0.4, -0.2) is 30.6 Å². The van der Waals surface area contributed by atoms with Crippen LogP contribution in [0.3, 0.4) is 0 Å². The van der Waals surface area contributed by atoms with E-state index in [0.717, 1.165) is 54.2 Å². The van der Waals surface area contributed by atoms with Gasteiger partial charge in [-0.1, -0.05) is 18.0 Å². The molecule has 0 radical (unpaired) electrons. The standard InChI is InChI=1S/C24H30ClN3O2/c1-17(26-14-13-18-16-27-23-12-7-19(25)15-22(18)23)5-3-4-6-24(29)28-20-8-10-21(30-2)11-9-20/h7-12,15-17,26-27H,3-6,13-14H2,1-2H3,(H,28,29). The molecule has 1 atom stereocenters. The summed E-state index contributed by atoms with van der Waals surface area (Å²) in [4.78, 5) is 15.4. The molecule has 0 saturated heterocycles. The van der Waals surface area contributed by atoms with E-state index in [4.69, 9.17) is 16.3 Å². The van der Waals surface area contributed by atoms with Gasteiger partial charge in [-0.2, -0.15) is 0 Å². The summed E-state index contributed by atoms with van der Waals surface area (Å²) in [6, 6.07) is 13.7. The number of rotatable bonds is 11. The van der Waals surface area contributed by atoms with Crippen LogP contribution in [0.5, 0.6) is 5.75 Å². The average molecular weight is 428 g/mol. The van der Waals surface area contributed by atoms with Crippen LogP contribution in [0.25, 0.3) is 10.9 Å². The predicted molar refractivity (Wildman–Crippen MR) is 125 cm³/mol. The van der Waals surface area contributed by atoms with Gasteiger partial charge in [-0.05, 0) is 80.8 Å². The number of aromatic amines is 1. The van der Waals surface area contributed by atoms with Gasteiger partial charge in [0.25, 0.3) is 0 Å². The van der Waals surface area contributed by atoms with Crippen LogP contribution < -0.4 is 15.4 Å². The minimum absolute atomic E-state index is 0.0544. The average Bonchev–Trinajstić information content (AvgIpc) is 3.14. The zero-order valence-corrected chi connectivity index (χ0v) is 18.4. The van der Waals surface area contributed by atoms with Crippen LogP contribution in [0.15, 0.2) is 48.7 Å². The smallest absolute Gasteiger partial charge is 0.224 e. The molecule has 0 aliphatic carbocycles. The molecule has 160 valence electrons. The van der Waals surface area contributed by atoms with Crippen molar-refractivity contribution < 1.29 is 9.53 Å². The third-order valence-electron chi connectivity index (χ3n) is 5.28. The molecule has 2 aromatic carbocycles. The van der Waals surface area contributed by atoms with Crippen molar-refractivity contribution in [2.75, 3.05) is 19.0 Å². The summed E-state index contributed by atoms with van der Waals surface area (Å²) in [6.07, 6.45) is 6.51. The number of amides is 1. The lowest BCUT2D eigenvalue weighted by atomic mass is 10.1. The molecule has 0 fully saturated rings. The van der Waals surface area contributed by atoms with E-state index >= 15 is 0 Å². The highest BCUT2D eigenvalue weighted by atomic mass is 35.5. The van der Waals surface area contributed by atoms with Gasteiger partial charge in [0.05, 0.1) is 7.11 Å². The Morgan fingerprint density at radius 1 is 1.17 bits per heavy atom. The van der Waals surface area contributed by atoms with Crippen molar-refractivity contribution in [2.45, 2.75) is 45.1 Å². The fourth-order valence-corrected chi connectivity index (χ4v) is 3.72. The molecule has 1 heterocycles. The second kappa shape index (κ2) is 11.0.